The van der Waals surface area contributed by atoms with Gasteiger partial charge in [0.1, 0.15) is 5.76 Å². The molecule has 0 aromatic rings. The van der Waals surface area contributed by atoms with Gasteiger partial charge >= 0.3 is 0 Å². The molecular formula is C9H12O3. The third-order valence-electron chi connectivity index (χ3n) is 1.76. The van der Waals surface area contributed by atoms with Crippen LogP contribution in [0.25, 0.3) is 0 Å². The number of Topliss-reactive ketones (excluding diaryl/α,β-unsaturated/α-hetero) is 1. The average molecular weight is 168 g/mol. The standard InChI is InChI=1S/C9H12O3/c1-4-5-7-6(2)8(10)9(3,11)12-7/h4-5,11H,1-3H3/b5-4+. The first-order chi connectivity index (χ1) is 5.49. The predicted molar refractivity (Wildman–Crippen MR) is 44.2 cm³/mol. The van der Waals surface area contributed by atoms with Gasteiger partial charge in [-0.3, -0.25) is 4.79 Å². The Morgan fingerprint density at radius 2 is 2.17 bits per heavy atom. The van der Waals surface area contributed by atoms with E-state index in [1.54, 1.807) is 19.1 Å². The van der Waals surface area contributed by atoms with Crippen LogP contribution in [-0.2, 0) is 9.53 Å². The van der Waals surface area contributed by atoms with Crippen LogP contribution in [0.15, 0.2) is 23.5 Å². The van der Waals surface area contributed by atoms with Crippen LogP contribution in [0.4, 0.5) is 0 Å². The monoisotopic (exact) mass is 168 g/mol. The van der Waals surface area contributed by atoms with Crippen molar-refractivity contribution in [1.82, 2.24) is 0 Å². The summed E-state index contributed by atoms with van der Waals surface area (Å²) in [6.07, 6.45) is 3.42. The number of ketones is 1. The van der Waals surface area contributed by atoms with Gasteiger partial charge in [-0.1, -0.05) is 6.08 Å². The minimum atomic E-state index is -1.67. The van der Waals surface area contributed by atoms with Crippen LogP contribution in [-0.4, -0.2) is 16.7 Å². The summed E-state index contributed by atoms with van der Waals surface area (Å²) in [5.41, 5.74) is 0.470. The summed E-state index contributed by atoms with van der Waals surface area (Å²) >= 11 is 0. The van der Waals surface area contributed by atoms with E-state index < -0.39 is 5.79 Å². The van der Waals surface area contributed by atoms with Crippen LogP contribution in [0.3, 0.4) is 0 Å². The van der Waals surface area contributed by atoms with Gasteiger partial charge < -0.3 is 9.84 Å². The van der Waals surface area contributed by atoms with Crippen molar-refractivity contribution in [3.63, 3.8) is 0 Å². The Labute approximate surface area is 71.3 Å². The first-order valence-corrected chi connectivity index (χ1v) is 3.79. The van der Waals surface area contributed by atoms with Gasteiger partial charge in [-0.05, 0) is 19.9 Å². The molecule has 1 heterocycles. The van der Waals surface area contributed by atoms with E-state index in [2.05, 4.69) is 0 Å². The van der Waals surface area contributed by atoms with E-state index in [0.29, 0.717) is 11.3 Å². The Bertz CT molecular complexity index is 271. The maximum absolute atomic E-state index is 11.2. The lowest BCUT2D eigenvalue weighted by atomic mass is 10.1. The highest BCUT2D eigenvalue weighted by Gasteiger charge is 2.41. The Morgan fingerprint density at radius 3 is 2.50 bits per heavy atom. The topological polar surface area (TPSA) is 46.5 Å². The van der Waals surface area contributed by atoms with Gasteiger partial charge in [-0.2, -0.15) is 0 Å². The number of ether oxygens (including phenoxy) is 1. The number of hydrogen-bond donors (Lipinski definition) is 1. The molecule has 0 aromatic heterocycles. The van der Waals surface area contributed by atoms with E-state index in [1.807, 2.05) is 6.92 Å². The molecule has 1 N–H and O–H groups in total. The van der Waals surface area contributed by atoms with E-state index >= 15 is 0 Å². The van der Waals surface area contributed by atoms with Crippen LogP contribution < -0.4 is 0 Å². The van der Waals surface area contributed by atoms with Crippen LogP contribution in [0.1, 0.15) is 20.8 Å². The molecule has 0 bridgehead atoms. The fraction of sp³-hybridized carbons (Fsp3) is 0.444. The first kappa shape index (κ1) is 9.00. The molecule has 1 aliphatic heterocycles. The molecule has 3 nitrogen and oxygen atoms in total. The Kier molecular flexibility index (Phi) is 2.06. The fourth-order valence-electron chi connectivity index (χ4n) is 1.11. The molecule has 1 unspecified atom stereocenters. The van der Waals surface area contributed by atoms with E-state index in [9.17, 15) is 9.90 Å². The van der Waals surface area contributed by atoms with Crippen LogP contribution in [0, 0.1) is 0 Å². The molecule has 0 amide bonds. The zero-order valence-corrected chi connectivity index (χ0v) is 7.42. The number of rotatable bonds is 1. The van der Waals surface area contributed by atoms with Crippen molar-refractivity contribution in [2.45, 2.75) is 26.6 Å². The average Bonchev–Trinajstić information content (AvgIpc) is 2.16. The zero-order valence-electron chi connectivity index (χ0n) is 7.42. The van der Waals surface area contributed by atoms with E-state index in [4.69, 9.17) is 4.74 Å². The van der Waals surface area contributed by atoms with Crippen molar-refractivity contribution < 1.29 is 14.6 Å². The number of allylic oxidation sites excluding steroid dienone is 2. The van der Waals surface area contributed by atoms with Gasteiger partial charge in [0.2, 0.25) is 5.78 Å². The van der Waals surface area contributed by atoms with Gasteiger partial charge in [0.25, 0.3) is 5.79 Å². The van der Waals surface area contributed by atoms with E-state index in [-0.39, 0.29) is 5.78 Å². The lowest BCUT2D eigenvalue weighted by Gasteiger charge is -2.14. The smallest absolute Gasteiger partial charge is 0.269 e. The summed E-state index contributed by atoms with van der Waals surface area (Å²) in [5, 5.41) is 9.38. The molecule has 0 radical (unpaired) electrons. The second-order valence-electron chi connectivity index (χ2n) is 2.90. The molecule has 1 aliphatic rings. The van der Waals surface area contributed by atoms with Crippen molar-refractivity contribution in [3.05, 3.63) is 23.5 Å². The lowest BCUT2D eigenvalue weighted by molar-refractivity contribution is -0.168. The maximum atomic E-state index is 11.2. The molecule has 0 aromatic carbocycles. The summed E-state index contributed by atoms with van der Waals surface area (Å²) in [7, 11) is 0. The number of aliphatic hydroxyl groups is 1. The predicted octanol–water partition coefficient (Wildman–Crippen LogP) is 1.14. The highest BCUT2D eigenvalue weighted by Crippen LogP contribution is 2.28. The summed E-state index contributed by atoms with van der Waals surface area (Å²) in [5.74, 6) is -1.58. The Balaban J connectivity index is 3.00. The summed E-state index contributed by atoms with van der Waals surface area (Å²) in [6.45, 7) is 4.80. The summed E-state index contributed by atoms with van der Waals surface area (Å²) in [6, 6.07) is 0. The second-order valence-corrected chi connectivity index (χ2v) is 2.90. The molecule has 0 saturated heterocycles. The zero-order chi connectivity index (χ0) is 9.35. The molecule has 0 saturated carbocycles. The fourth-order valence-corrected chi connectivity index (χ4v) is 1.11. The molecule has 0 aliphatic carbocycles. The molecule has 1 rings (SSSR count). The SMILES string of the molecule is C/C=C/C1=C(C)C(=O)C(C)(O)O1. The Morgan fingerprint density at radius 1 is 1.58 bits per heavy atom. The lowest BCUT2D eigenvalue weighted by Crippen LogP contribution is -2.32. The maximum Gasteiger partial charge on any atom is 0.269 e. The van der Waals surface area contributed by atoms with Gasteiger partial charge in [-0.15, -0.1) is 0 Å². The van der Waals surface area contributed by atoms with E-state index in [1.165, 1.54) is 6.92 Å². The van der Waals surface area contributed by atoms with Crippen LogP contribution in [0.5, 0.6) is 0 Å². The highest BCUT2D eigenvalue weighted by molar-refractivity contribution is 6.02. The molecule has 0 fully saturated rings. The van der Waals surface area contributed by atoms with Crippen molar-refractivity contribution in [2.24, 2.45) is 0 Å². The molecular weight excluding hydrogens is 156 g/mol. The van der Waals surface area contributed by atoms with Gasteiger partial charge in [0.15, 0.2) is 0 Å². The molecule has 66 valence electrons. The molecule has 0 spiro atoms. The Hall–Kier alpha value is -1.09. The normalized spacial score (nSPS) is 30.2. The van der Waals surface area contributed by atoms with Gasteiger partial charge in [-0.25, -0.2) is 0 Å². The number of carbonyl (C=O) groups excluding carboxylic acids is 1. The highest BCUT2D eigenvalue weighted by atomic mass is 16.6. The van der Waals surface area contributed by atoms with Crippen molar-refractivity contribution in [1.29, 1.82) is 0 Å². The number of hydrogen-bond acceptors (Lipinski definition) is 3. The third kappa shape index (κ3) is 1.28. The van der Waals surface area contributed by atoms with E-state index in [0.717, 1.165) is 0 Å². The largest absolute Gasteiger partial charge is 0.455 e. The van der Waals surface area contributed by atoms with Gasteiger partial charge in [0, 0.05) is 12.5 Å². The second kappa shape index (κ2) is 2.75. The molecule has 1 atom stereocenters. The third-order valence-corrected chi connectivity index (χ3v) is 1.76. The number of carbonyl (C=O) groups is 1. The van der Waals surface area contributed by atoms with Crippen molar-refractivity contribution >= 4 is 5.78 Å². The van der Waals surface area contributed by atoms with Crippen LogP contribution >= 0.6 is 0 Å². The quantitative estimate of drug-likeness (QED) is 0.638. The van der Waals surface area contributed by atoms with Crippen LogP contribution in [0.2, 0.25) is 0 Å². The minimum absolute atomic E-state index is 0.365. The molecule has 3 heteroatoms. The summed E-state index contributed by atoms with van der Waals surface area (Å²) in [4.78, 5) is 11.2. The van der Waals surface area contributed by atoms with Gasteiger partial charge in [0.05, 0.1) is 0 Å². The summed E-state index contributed by atoms with van der Waals surface area (Å²) < 4.78 is 5.01. The van der Waals surface area contributed by atoms with Crippen molar-refractivity contribution in [2.75, 3.05) is 0 Å². The first-order valence-electron chi connectivity index (χ1n) is 3.79. The molecule has 12 heavy (non-hydrogen) atoms. The van der Waals surface area contributed by atoms with Crippen molar-refractivity contribution in [3.8, 4) is 0 Å². The minimum Gasteiger partial charge on any atom is -0.455 e.